The fraction of sp³-hybridized carbons (Fsp3) is 1.00. The molecular formula is C19H42Si2. The van der Waals surface area contributed by atoms with E-state index in [-0.39, 0.29) is 0 Å². The molecule has 0 aliphatic heterocycles. The van der Waals surface area contributed by atoms with Crippen LogP contribution in [0.15, 0.2) is 0 Å². The Labute approximate surface area is 137 Å². The summed E-state index contributed by atoms with van der Waals surface area (Å²) in [6.45, 7) is 18.0. The maximum atomic E-state index is 2.78. The molecule has 0 bridgehead atoms. The van der Waals surface area contributed by atoms with Crippen molar-refractivity contribution in [1.29, 1.82) is 0 Å². The highest BCUT2D eigenvalue weighted by Gasteiger charge is 2.56. The predicted octanol–water partition coefficient (Wildman–Crippen LogP) is 7.71. The standard InChI is InChI=1S/C19H42Si2/c1-8-20(9-2,10-3)18-16-14-15-17-19(18,7)21(11-4,12-5)13-6/h18H,8-17H2,1-7H3. The van der Waals surface area contributed by atoms with Gasteiger partial charge in [-0.1, -0.05) is 110 Å². The van der Waals surface area contributed by atoms with Gasteiger partial charge in [0.2, 0.25) is 0 Å². The Morgan fingerprint density at radius 2 is 1.24 bits per heavy atom. The van der Waals surface area contributed by atoms with Crippen LogP contribution in [0.4, 0.5) is 0 Å². The molecule has 0 aromatic rings. The SMILES string of the molecule is CC[Si](CC)(CC)C1CCCCC1(C)[Si](CC)(CC)CC. The number of rotatable bonds is 8. The minimum absolute atomic E-state index is 0.748. The van der Waals surface area contributed by atoms with Gasteiger partial charge in [0.05, 0.1) is 16.1 Å². The molecule has 2 atom stereocenters. The maximum absolute atomic E-state index is 2.78. The van der Waals surface area contributed by atoms with Crippen LogP contribution in [0.1, 0.15) is 74.1 Å². The lowest BCUT2D eigenvalue weighted by atomic mass is 9.89. The molecule has 0 radical (unpaired) electrons. The molecule has 0 spiro atoms. The molecule has 0 saturated heterocycles. The van der Waals surface area contributed by atoms with Crippen molar-refractivity contribution in [2.24, 2.45) is 0 Å². The van der Waals surface area contributed by atoms with Crippen LogP contribution in [0.5, 0.6) is 0 Å². The summed E-state index contributed by atoms with van der Waals surface area (Å²) in [6.07, 6.45) is 6.18. The van der Waals surface area contributed by atoms with Gasteiger partial charge in [0.25, 0.3) is 0 Å². The summed E-state index contributed by atoms with van der Waals surface area (Å²) in [4.78, 5) is 0. The molecule has 1 saturated carbocycles. The topological polar surface area (TPSA) is 0 Å². The summed E-state index contributed by atoms with van der Waals surface area (Å²) in [7, 11) is -2.20. The Bertz CT molecular complexity index is 288. The minimum atomic E-state index is -1.13. The summed E-state index contributed by atoms with van der Waals surface area (Å²) in [6, 6.07) is 9.16. The van der Waals surface area contributed by atoms with E-state index in [0.717, 1.165) is 10.6 Å². The first-order valence-electron chi connectivity index (χ1n) is 9.95. The molecule has 1 fully saturated rings. The van der Waals surface area contributed by atoms with Crippen molar-refractivity contribution in [3.8, 4) is 0 Å². The second-order valence-corrected chi connectivity index (χ2v) is 19.3. The average molecular weight is 327 g/mol. The molecule has 2 heteroatoms. The van der Waals surface area contributed by atoms with Crippen LogP contribution in [-0.4, -0.2) is 16.1 Å². The molecular weight excluding hydrogens is 284 g/mol. The fourth-order valence-corrected chi connectivity index (χ4v) is 19.0. The Morgan fingerprint density at radius 3 is 1.62 bits per heavy atom. The number of hydrogen-bond donors (Lipinski definition) is 0. The Kier molecular flexibility index (Phi) is 7.25. The van der Waals surface area contributed by atoms with Gasteiger partial charge in [-0.15, -0.1) is 0 Å². The van der Waals surface area contributed by atoms with E-state index >= 15 is 0 Å². The third-order valence-electron chi connectivity index (χ3n) is 8.30. The third-order valence-corrected chi connectivity index (χ3v) is 22.3. The Balaban J connectivity index is 3.33. The van der Waals surface area contributed by atoms with Gasteiger partial charge in [0.1, 0.15) is 0 Å². The van der Waals surface area contributed by atoms with Gasteiger partial charge < -0.3 is 0 Å². The van der Waals surface area contributed by atoms with E-state index in [1.807, 2.05) is 0 Å². The predicted molar refractivity (Wildman–Crippen MR) is 105 cm³/mol. The maximum Gasteiger partial charge on any atom is 0.0587 e. The molecule has 1 aliphatic rings. The highest BCUT2D eigenvalue weighted by atomic mass is 28.3. The van der Waals surface area contributed by atoms with Gasteiger partial charge in [0.15, 0.2) is 0 Å². The first-order valence-corrected chi connectivity index (χ1v) is 15.3. The van der Waals surface area contributed by atoms with Gasteiger partial charge in [-0.3, -0.25) is 0 Å². The zero-order chi connectivity index (χ0) is 16.1. The van der Waals surface area contributed by atoms with Crippen molar-refractivity contribution in [2.45, 2.75) is 121 Å². The van der Waals surface area contributed by atoms with Crippen LogP contribution in [0.25, 0.3) is 0 Å². The van der Waals surface area contributed by atoms with Gasteiger partial charge in [-0.25, -0.2) is 0 Å². The van der Waals surface area contributed by atoms with E-state index < -0.39 is 16.1 Å². The first-order chi connectivity index (χ1) is 9.95. The lowest BCUT2D eigenvalue weighted by Crippen LogP contribution is -2.55. The molecule has 126 valence electrons. The van der Waals surface area contributed by atoms with Gasteiger partial charge in [-0.2, -0.15) is 0 Å². The molecule has 1 aliphatic carbocycles. The van der Waals surface area contributed by atoms with E-state index in [1.165, 1.54) is 49.1 Å². The second-order valence-electron chi connectivity index (χ2n) is 7.98. The summed E-state index contributed by atoms with van der Waals surface area (Å²) in [5.74, 6) is 0. The first kappa shape index (κ1) is 19.5. The molecule has 2 unspecified atom stereocenters. The van der Waals surface area contributed by atoms with Crippen LogP contribution in [-0.2, 0) is 0 Å². The molecule has 1 rings (SSSR count). The summed E-state index contributed by atoms with van der Waals surface area (Å²) >= 11 is 0. The zero-order valence-electron chi connectivity index (χ0n) is 16.1. The van der Waals surface area contributed by atoms with Gasteiger partial charge >= 0.3 is 0 Å². The average Bonchev–Trinajstić information content (AvgIpc) is 2.53. The molecule has 0 aromatic heterocycles. The zero-order valence-corrected chi connectivity index (χ0v) is 18.1. The molecule has 0 nitrogen and oxygen atoms in total. The van der Waals surface area contributed by atoms with E-state index in [1.54, 1.807) is 12.8 Å². The number of hydrogen-bond acceptors (Lipinski definition) is 0. The van der Waals surface area contributed by atoms with Gasteiger partial charge in [-0.05, 0) is 10.6 Å². The molecule has 21 heavy (non-hydrogen) atoms. The quantitative estimate of drug-likeness (QED) is 0.401. The normalized spacial score (nSPS) is 27.9. The van der Waals surface area contributed by atoms with Crippen molar-refractivity contribution in [1.82, 2.24) is 0 Å². The summed E-state index contributed by atoms with van der Waals surface area (Å²) in [5, 5.41) is 0.748. The van der Waals surface area contributed by atoms with Crippen molar-refractivity contribution >= 4 is 16.1 Å². The summed E-state index contributed by atoms with van der Waals surface area (Å²) in [5.41, 5.74) is 1.13. The Hall–Kier alpha value is 0.434. The van der Waals surface area contributed by atoms with Crippen LogP contribution in [0, 0.1) is 0 Å². The van der Waals surface area contributed by atoms with Crippen molar-refractivity contribution in [3.05, 3.63) is 0 Å². The molecule has 0 N–H and O–H groups in total. The lowest BCUT2D eigenvalue weighted by Gasteiger charge is -2.59. The van der Waals surface area contributed by atoms with Crippen LogP contribution in [0.2, 0.25) is 46.8 Å². The molecule has 0 aromatic carbocycles. The van der Waals surface area contributed by atoms with E-state index in [9.17, 15) is 0 Å². The van der Waals surface area contributed by atoms with Crippen molar-refractivity contribution in [2.75, 3.05) is 0 Å². The van der Waals surface area contributed by atoms with E-state index in [2.05, 4.69) is 48.5 Å². The lowest BCUT2D eigenvalue weighted by molar-refractivity contribution is 0.371. The van der Waals surface area contributed by atoms with Crippen LogP contribution >= 0.6 is 0 Å². The minimum Gasteiger partial charge on any atom is -0.0678 e. The second kappa shape index (κ2) is 7.81. The third kappa shape index (κ3) is 3.09. The highest BCUT2D eigenvalue weighted by molar-refractivity contribution is 6.88. The van der Waals surface area contributed by atoms with Crippen LogP contribution in [0.3, 0.4) is 0 Å². The van der Waals surface area contributed by atoms with E-state index in [0.29, 0.717) is 0 Å². The van der Waals surface area contributed by atoms with Crippen molar-refractivity contribution in [3.63, 3.8) is 0 Å². The Morgan fingerprint density at radius 1 is 0.762 bits per heavy atom. The highest BCUT2D eigenvalue weighted by Crippen LogP contribution is 2.65. The monoisotopic (exact) mass is 326 g/mol. The van der Waals surface area contributed by atoms with E-state index in [4.69, 9.17) is 0 Å². The molecule has 0 heterocycles. The van der Waals surface area contributed by atoms with Gasteiger partial charge in [0, 0.05) is 0 Å². The van der Waals surface area contributed by atoms with Crippen LogP contribution < -0.4 is 0 Å². The van der Waals surface area contributed by atoms with Crippen molar-refractivity contribution < 1.29 is 0 Å². The fourth-order valence-electron chi connectivity index (χ4n) is 6.40. The smallest absolute Gasteiger partial charge is 0.0587 e. The molecule has 0 amide bonds. The summed E-state index contributed by atoms with van der Waals surface area (Å²) < 4.78 is 0. The largest absolute Gasteiger partial charge is 0.0678 e.